The van der Waals surface area contributed by atoms with Gasteiger partial charge in [-0.3, -0.25) is 4.90 Å². The Morgan fingerprint density at radius 3 is 2.14 bits per heavy atom. The highest BCUT2D eigenvalue weighted by Gasteiger charge is 2.04. The first-order valence-electron chi connectivity index (χ1n) is 7.41. The average molecular weight is 307 g/mol. The van der Waals surface area contributed by atoms with E-state index in [0.29, 0.717) is 0 Å². The number of carboxylic acid groups (broad SMARTS) is 2. The maximum atomic E-state index is 9.10. The number of likely N-dealkylation sites (N-methyl/N-ethyl adjacent to an activating group) is 1. The Bertz CT molecular complexity index is 445. The zero-order chi connectivity index (χ0) is 16.8. The van der Waals surface area contributed by atoms with Gasteiger partial charge in [-0.15, -0.1) is 0 Å². The van der Waals surface area contributed by atoms with Crippen molar-refractivity contribution in [2.45, 2.75) is 26.7 Å². The summed E-state index contributed by atoms with van der Waals surface area (Å²) in [6, 6.07) is 10.5. The largest absolute Gasteiger partial charge is 0.473 e. The molecule has 22 heavy (non-hydrogen) atoms. The van der Waals surface area contributed by atoms with Gasteiger partial charge in [0.15, 0.2) is 0 Å². The van der Waals surface area contributed by atoms with E-state index in [4.69, 9.17) is 19.8 Å². The molecule has 0 aromatic heterocycles. The molecule has 0 aliphatic heterocycles. The van der Waals surface area contributed by atoms with Gasteiger partial charge < -0.3 is 10.2 Å². The molecular weight excluding hydrogens is 282 g/mol. The predicted molar refractivity (Wildman–Crippen MR) is 87.8 cm³/mol. The van der Waals surface area contributed by atoms with Crippen molar-refractivity contribution in [1.29, 1.82) is 0 Å². The molecule has 0 aliphatic carbocycles. The monoisotopic (exact) mass is 307 g/mol. The lowest BCUT2D eigenvalue weighted by atomic mass is 10.2. The van der Waals surface area contributed by atoms with Crippen molar-refractivity contribution in [3.8, 4) is 0 Å². The van der Waals surface area contributed by atoms with E-state index in [9.17, 15) is 0 Å². The zero-order valence-electron chi connectivity index (χ0n) is 13.2. The Morgan fingerprint density at radius 2 is 1.68 bits per heavy atom. The van der Waals surface area contributed by atoms with Gasteiger partial charge in [-0.2, -0.15) is 0 Å². The molecule has 0 saturated carbocycles. The van der Waals surface area contributed by atoms with Gasteiger partial charge in [-0.25, -0.2) is 9.59 Å². The van der Waals surface area contributed by atoms with E-state index in [-0.39, 0.29) is 0 Å². The van der Waals surface area contributed by atoms with Gasteiger partial charge in [0, 0.05) is 6.54 Å². The summed E-state index contributed by atoms with van der Waals surface area (Å²) in [5.41, 5.74) is 1.29. The first kappa shape index (κ1) is 19.9. The molecule has 1 aromatic carbocycles. The molecule has 0 atom stereocenters. The third-order valence-corrected chi connectivity index (χ3v) is 2.93. The van der Waals surface area contributed by atoms with Gasteiger partial charge in [0.1, 0.15) is 0 Å². The molecule has 5 nitrogen and oxygen atoms in total. The van der Waals surface area contributed by atoms with E-state index in [1.807, 2.05) is 0 Å². The molecule has 1 rings (SSSR count). The Labute approximate surface area is 131 Å². The van der Waals surface area contributed by atoms with Gasteiger partial charge in [-0.1, -0.05) is 62.8 Å². The van der Waals surface area contributed by atoms with Crippen LogP contribution in [-0.4, -0.2) is 46.7 Å². The molecule has 0 saturated heterocycles. The zero-order valence-corrected chi connectivity index (χ0v) is 13.2. The highest BCUT2D eigenvalue weighted by Crippen LogP contribution is 2.02. The van der Waals surface area contributed by atoms with Crippen LogP contribution in [0.4, 0.5) is 0 Å². The Morgan fingerprint density at radius 1 is 1.09 bits per heavy atom. The normalized spacial score (nSPS) is 10.3. The fourth-order valence-electron chi connectivity index (χ4n) is 1.66. The number of unbranched alkanes of at least 4 members (excludes halogenated alkanes) is 1. The minimum absolute atomic E-state index is 1.06. The summed E-state index contributed by atoms with van der Waals surface area (Å²) >= 11 is 0. The molecule has 0 amide bonds. The first-order valence-corrected chi connectivity index (χ1v) is 7.41. The van der Waals surface area contributed by atoms with Crippen LogP contribution >= 0.6 is 0 Å². The molecule has 2 N–H and O–H groups in total. The number of nitrogens with zero attached hydrogens (tertiary/aromatic N) is 1. The van der Waals surface area contributed by atoms with Crippen LogP contribution in [0, 0.1) is 0 Å². The standard InChI is InChI=1S/C15H23N.C2H2O4/c1-3-5-13-16(4-2)14-9-12-15-10-7-6-8-11-15;3-1(4)2(5)6/h6-12H,3-5,13-14H2,1-2H3;(H,3,4)(H,5,6). The number of carbonyl (C=O) groups is 2. The van der Waals surface area contributed by atoms with E-state index in [2.05, 4.69) is 61.2 Å². The summed E-state index contributed by atoms with van der Waals surface area (Å²) in [6.07, 6.45) is 7.04. The number of benzene rings is 1. The minimum atomic E-state index is -1.82. The summed E-state index contributed by atoms with van der Waals surface area (Å²) < 4.78 is 0. The van der Waals surface area contributed by atoms with Crippen molar-refractivity contribution in [2.24, 2.45) is 0 Å². The molecule has 0 aliphatic rings. The van der Waals surface area contributed by atoms with Crippen molar-refractivity contribution in [3.05, 3.63) is 42.0 Å². The first-order chi connectivity index (χ1) is 10.5. The van der Waals surface area contributed by atoms with Crippen molar-refractivity contribution in [3.63, 3.8) is 0 Å². The lowest BCUT2D eigenvalue weighted by Gasteiger charge is -2.17. The van der Waals surface area contributed by atoms with Crippen LogP contribution in [-0.2, 0) is 9.59 Å². The second kappa shape index (κ2) is 12.6. The topological polar surface area (TPSA) is 77.8 Å². The van der Waals surface area contributed by atoms with Crippen LogP contribution in [0.15, 0.2) is 36.4 Å². The molecule has 0 heterocycles. The Kier molecular flexibility index (Phi) is 11.4. The van der Waals surface area contributed by atoms with Gasteiger partial charge in [0.05, 0.1) is 0 Å². The minimum Gasteiger partial charge on any atom is -0.473 e. The quantitative estimate of drug-likeness (QED) is 0.757. The number of aliphatic carboxylic acids is 2. The summed E-state index contributed by atoms with van der Waals surface area (Å²) in [5.74, 6) is -3.65. The van der Waals surface area contributed by atoms with E-state index in [1.165, 1.54) is 24.9 Å². The summed E-state index contributed by atoms with van der Waals surface area (Å²) in [7, 11) is 0. The van der Waals surface area contributed by atoms with Crippen LogP contribution in [0.1, 0.15) is 32.3 Å². The maximum absolute atomic E-state index is 9.10. The third kappa shape index (κ3) is 10.6. The molecule has 1 aromatic rings. The fourth-order valence-corrected chi connectivity index (χ4v) is 1.66. The third-order valence-electron chi connectivity index (χ3n) is 2.93. The number of hydrogen-bond acceptors (Lipinski definition) is 3. The van der Waals surface area contributed by atoms with Crippen LogP contribution in [0.25, 0.3) is 6.08 Å². The van der Waals surface area contributed by atoms with E-state index in [1.54, 1.807) is 0 Å². The van der Waals surface area contributed by atoms with Crippen molar-refractivity contribution in [2.75, 3.05) is 19.6 Å². The molecule has 122 valence electrons. The Hall–Kier alpha value is -2.14. The molecule has 0 spiro atoms. The number of carboxylic acids is 2. The van der Waals surface area contributed by atoms with Gasteiger partial charge >= 0.3 is 11.9 Å². The molecule has 5 heteroatoms. The molecule has 0 radical (unpaired) electrons. The lowest BCUT2D eigenvalue weighted by Crippen LogP contribution is -2.24. The lowest BCUT2D eigenvalue weighted by molar-refractivity contribution is -0.159. The SMILES string of the molecule is CCCCN(CC)CC=Cc1ccccc1.O=C(O)C(=O)O. The highest BCUT2D eigenvalue weighted by atomic mass is 16.4. The smallest absolute Gasteiger partial charge is 0.414 e. The summed E-state index contributed by atoms with van der Waals surface area (Å²) in [5, 5.41) is 14.8. The fraction of sp³-hybridized carbons (Fsp3) is 0.412. The summed E-state index contributed by atoms with van der Waals surface area (Å²) in [6.45, 7) is 7.89. The van der Waals surface area contributed by atoms with Crippen LogP contribution in [0.5, 0.6) is 0 Å². The molecular formula is C17H25NO4. The van der Waals surface area contributed by atoms with Gasteiger partial charge in [-0.05, 0) is 25.1 Å². The number of hydrogen-bond donors (Lipinski definition) is 2. The van der Waals surface area contributed by atoms with Crippen molar-refractivity contribution < 1.29 is 19.8 Å². The van der Waals surface area contributed by atoms with Crippen LogP contribution < -0.4 is 0 Å². The predicted octanol–water partition coefficient (Wildman–Crippen LogP) is 2.98. The van der Waals surface area contributed by atoms with E-state index in [0.717, 1.165) is 13.1 Å². The van der Waals surface area contributed by atoms with E-state index < -0.39 is 11.9 Å². The van der Waals surface area contributed by atoms with E-state index >= 15 is 0 Å². The molecule has 0 fully saturated rings. The Balaban J connectivity index is 0.000000626. The van der Waals surface area contributed by atoms with Crippen molar-refractivity contribution in [1.82, 2.24) is 4.90 Å². The van der Waals surface area contributed by atoms with Crippen LogP contribution in [0.2, 0.25) is 0 Å². The number of rotatable bonds is 7. The average Bonchev–Trinajstić information content (AvgIpc) is 2.52. The second-order valence-corrected chi connectivity index (χ2v) is 4.67. The van der Waals surface area contributed by atoms with Crippen LogP contribution in [0.3, 0.4) is 0 Å². The van der Waals surface area contributed by atoms with Crippen molar-refractivity contribution >= 4 is 18.0 Å². The summed E-state index contributed by atoms with van der Waals surface area (Å²) in [4.78, 5) is 20.7. The molecule has 0 unspecified atom stereocenters. The van der Waals surface area contributed by atoms with Gasteiger partial charge in [0.25, 0.3) is 0 Å². The van der Waals surface area contributed by atoms with Gasteiger partial charge in [0.2, 0.25) is 0 Å². The second-order valence-electron chi connectivity index (χ2n) is 4.67. The highest BCUT2D eigenvalue weighted by molar-refractivity contribution is 6.27. The molecule has 0 bridgehead atoms. The maximum Gasteiger partial charge on any atom is 0.414 e.